The Kier molecular flexibility index (Phi) is 7.12. The maximum Gasteiger partial charge on any atom is 0.223 e. The molecule has 146 valence electrons. The van der Waals surface area contributed by atoms with Gasteiger partial charge in [0.1, 0.15) is 0 Å². The zero-order valence-corrected chi connectivity index (χ0v) is 16.7. The van der Waals surface area contributed by atoms with E-state index in [0.29, 0.717) is 18.8 Å². The number of thiophene rings is 1. The third-order valence-corrected chi connectivity index (χ3v) is 5.32. The van der Waals surface area contributed by atoms with Gasteiger partial charge in [0, 0.05) is 36.7 Å². The van der Waals surface area contributed by atoms with Gasteiger partial charge in [-0.1, -0.05) is 0 Å². The van der Waals surface area contributed by atoms with E-state index in [4.69, 9.17) is 5.26 Å². The van der Waals surface area contributed by atoms with Crippen LogP contribution in [0.25, 0.3) is 10.6 Å². The molecule has 0 amide bonds. The quantitative estimate of drug-likeness (QED) is 0.509. The first-order chi connectivity index (χ1) is 13.7. The lowest BCUT2D eigenvalue weighted by atomic mass is 10.2. The maximum absolute atomic E-state index is 9.76. The average Bonchev–Trinajstić information content (AvgIpc) is 3.34. The molecule has 0 aliphatic rings. The number of unbranched alkanes of at least 4 members (excludes halogenated alkanes) is 2. The molecule has 7 nitrogen and oxygen atoms in total. The number of nitrogens with zero attached hydrogens (tertiary/aromatic N) is 5. The van der Waals surface area contributed by atoms with Gasteiger partial charge in [-0.05, 0) is 38.0 Å². The summed E-state index contributed by atoms with van der Waals surface area (Å²) in [5, 5.41) is 21.6. The lowest BCUT2D eigenvalue weighted by Gasteiger charge is -2.15. The number of aliphatic hydroxyl groups is 1. The first-order valence-corrected chi connectivity index (χ1v) is 10.1. The number of aliphatic hydroxyl groups excluding tert-OH is 1. The van der Waals surface area contributed by atoms with Crippen molar-refractivity contribution in [2.75, 3.05) is 11.9 Å². The molecular weight excluding hydrogens is 372 g/mol. The molecular formula is C20H24N6OS. The summed E-state index contributed by atoms with van der Waals surface area (Å²) in [6.45, 7) is 2.87. The normalized spacial score (nSPS) is 11.9. The molecule has 3 rings (SSSR count). The molecule has 0 aliphatic carbocycles. The van der Waals surface area contributed by atoms with Crippen LogP contribution in [0.3, 0.4) is 0 Å². The van der Waals surface area contributed by atoms with Crippen LogP contribution in [0, 0.1) is 18.3 Å². The molecule has 2 N–H and O–H groups in total. The Morgan fingerprint density at radius 3 is 2.93 bits per heavy atom. The number of imidazole rings is 1. The highest BCUT2D eigenvalue weighted by Crippen LogP contribution is 2.26. The topological polar surface area (TPSA) is 99.7 Å². The standard InChI is InChI=1S/C20H24N6OS/c1-15-5-6-19(28-15)18-7-9-22-20(25-18)24-17(13-27)11-16-12-26(14-23-16)10-4-2-3-8-21/h5-7,9,12,14,17,27H,2-4,10-11,13H2,1H3,(H,22,24,25)/t17-/m0/s1. The van der Waals surface area contributed by atoms with Crippen LogP contribution >= 0.6 is 11.3 Å². The van der Waals surface area contributed by atoms with Crippen molar-refractivity contribution in [2.45, 2.75) is 45.2 Å². The van der Waals surface area contributed by atoms with Crippen LogP contribution in [-0.2, 0) is 13.0 Å². The Labute approximate surface area is 168 Å². The summed E-state index contributed by atoms with van der Waals surface area (Å²) in [6, 6.07) is 7.95. The highest BCUT2D eigenvalue weighted by molar-refractivity contribution is 7.15. The predicted octanol–water partition coefficient (Wildman–Crippen LogP) is 3.42. The first-order valence-electron chi connectivity index (χ1n) is 9.33. The van der Waals surface area contributed by atoms with E-state index in [1.807, 2.05) is 16.8 Å². The van der Waals surface area contributed by atoms with Gasteiger partial charge in [-0.25, -0.2) is 15.0 Å². The largest absolute Gasteiger partial charge is 0.394 e. The van der Waals surface area contributed by atoms with E-state index in [1.54, 1.807) is 23.9 Å². The van der Waals surface area contributed by atoms with Crippen LogP contribution in [0.15, 0.2) is 36.9 Å². The number of anilines is 1. The molecule has 0 spiro atoms. The average molecular weight is 397 g/mol. The molecule has 3 aromatic rings. The number of aryl methyl sites for hydroxylation is 2. The summed E-state index contributed by atoms with van der Waals surface area (Å²) in [5.41, 5.74) is 1.77. The smallest absolute Gasteiger partial charge is 0.223 e. The van der Waals surface area contributed by atoms with Crippen molar-refractivity contribution in [1.29, 1.82) is 5.26 Å². The summed E-state index contributed by atoms with van der Waals surface area (Å²) >= 11 is 1.69. The molecule has 0 aromatic carbocycles. The van der Waals surface area contributed by atoms with Gasteiger partial charge in [-0.15, -0.1) is 11.3 Å². The van der Waals surface area contributed by atoms with Crippen molar-refractivity contribution in [3.05, 3.63) is 47.5 Å². The molecule has 0 bridgehead atoms. The van der Waals surface area contributed by atoms with E-state index >= 15 is 0 Å². The molecule has 1 atom stereocenters. The minimum atomic E-state index is -0.220. The van der Waals surface area contributed by atoms with Gasteiger partial charge in [-0.2, -0.15) is 5.26 Å². The molecule has 8 heteroatoms. The van der Waals surface area contributed by atoms with Crippen molar-refractivity contribution < 1.29 is 5.11 Å². The van der Waals surface area contributed by atoms with E-state index in [2.05, 4.69) is 45.4 Å². The monoisotopic (exact) mass is 396 g/mol. The van der Waals surface area contributed by atoms with Crippen molar-refractivity contribution in [2.24, 2.45) is 0 Å². The molecule has 3 aromatic heterocycles. The van der Waals surface area contributed by atoms with Gasteiger partial charge in [0.05, 0.1) is 41.3 Å². The van der Waals surface area contributed by atoms with Gasteiger partial charge in [-0.3, -0.25) is 0 Å². The van der Waals surface area contributed by atoms with Crippen LogP contribution in [0.5, 0.6) is 0 Å². The SMILES string of the molecule is Cc1ccc(-c2ccnc(N[C@H](CO)Cc3cn(CCCCC#N)cn3)n2)s1. The molecule has 0 unspecified atom stereocenters. The lowest BCUT2D eigenvalue weighted by molar-refractivity contribution is 0.272. The van der Waals surface area contributed by atoms with Crippen molar-refractivity contribution in [1.82, 2.24) is 19.5 Å². The molecule has 28 heavy (non-hydrogen) atoms. The fourth-order valence-corrected chi connectivity index (χ4v) is 3.70. The van der Waals surface area contributed by atoms with Crippen LogP contribution in [0.4, 0.5) is 5.95 Å². The molecule has 0 saturated heterocycles. The third kappa shape index (κ3) is 5.62. The van der Waals surface area contributed by atoms with Crippen LogP contribution in [0.2, 0.25) is 0 Å². The van der Waals surface area contributed by atoms with E-state index in [-0.39, 0.29) is 12.6 Å². The summed E-state index contributed by atoms with van der Waals surface area (Å²) in [7, 11) is 0. The number of hydrogen-bond donors (Lipinski definition) is 2. The zero-order valence-electron chi connectivity index (χ0n) is 15.9. The maximum atomic E-state index is 9.76. The molecule has 0 fully saturated rings. The number of hydrogen-bond acceptors (Lipinski definition) is 7. The Balaban J connectivity index is 1.59. The fraction of sp³-hybridized carbons (Fsp3) is 0.400. The van der Waals surface area contributed by atoms with Gasteiger partial charge in [0.2, 0.25) is 5.95 Å². The molecule has 3 heterocycles. The Bertz CT molecular complexity index is 929. The number of aromatic nitrogens is 4. The minimum Gasteiger partial charge on any atom is -0.394 e. The zero-order chi connectivity index (χ0) is 19.8. The summed E-state index contributed by atoms with van der Waals surface area (Å²) in [4.78, 5) is 15.6. The summed E-state index contributed by atoms with van der Waals surface area (Å²) in [6.07, 6.45) is 8.52. The van der Waals surface area contributed by atoms with Crippen molar-refractivity contribution in [3.63, 3.8) is 0 Å². The Morgan fingerprint density at radius 2 is 2.18 bits per heavy atom. The van der Waals surface area contributed by atoms with Crippen molar-refractivity contribution >= 4 is 17.3 Å². The first kappa shape index (κ1) is 20.0. The highest BCUT2D eigenvalue weighted by atomic mass is 32.1. The van der Waals surface area contributed by atoms with E-state index in [9.17, 15) is 5.11 Å². The van der Waals surface area contributed by atoms with Gasteiger partial charge < -0.3 is 15.0 Å². The van der Waals surface area contributed by atoms with Gasteiger partial charge in [0.25, 0.3) is 0 Å². The van der Waals surface area contributed by atoms with Crippen LogP contribution in [-0.4, -0.2) is 37.3 Å². The second-order valence-electron chi connectivity index (χ2n) is 6.62. The number of rotatable bonds is 10. The van der Waals surface area contributed by atoms with E-state index < -0.39 is 0 Å². The highest BCUT2D eigenvalue weighted by Gasteiger charge is 2.13. The summed E-state index contributed by atoms with van der Waals surface area (Å²) in [5.74, 6) is 0.499. The van der Waals surface area contributed by atoms with E-state index in [1.165, 1.54) is 4.88 Å². The molecule has 0 aliphatic heterocycles. The second-order valence-corrected chi connectivity index (χ2v) is 7.91. The summed E-state index contributed by atoms with van der Waals surface area (Å²) < 4.78 is 2.03. The number of nitriles is 1. The van der Waals surface area contributed by atoms with Crippen LogP contribution in [0.1, 0.15) is 29.8 Å². The lowest BCUT2D eigenvalue weighted by Crippen LogP contribution is -2.27. The predicted molar refractivity (Wildman–Crippen MR) is 110 cm³/mol. The third-order valence-electron chi connectivity index (χ3n) is 4.30. The van der Waals surface area contributed by atoms with Crippen molar-refractivity contribution in [3.8, 4) is 16.6 Å². The van der Waals surface area contributed by atoms with Crippen LogP contribution < -0.4 is 5.32 Å². The fourth-order valence-electron chi connectivity index (χ4n) is 2.87. The Hall–Kier alpha value is -2.76. The number of nitrogens with one attached hydrogen (secondary N) is 1. The van der Waals surface area contributed by atoms with Gasteiger partial charge in [0.15, 0.2) is 0 Å². The Morgan fingerprint density at radius 1 is 1.29 bits per heavy atom. The second kappa shape index (κ2) is 9.97. The molecule has 0 saturated carbocycles. The minimum absolute atomic E-state index is 0.0409. The van der Waals surface area contributed by atoms with Gasteiger partial charge >= 0.3 is 0 Å². The molecule has 0 radical (unpaired) electrons. The van der Waals surface area contributed by atoms with E-state index in [0.717, 1.165) is 35.7 Å².